The van der Waals surface area contributed by atoms with Gasteiger partial charge in [-0.05, 0) is 25.7 Å². The topological polar surface area (TPSA) is 70.9 Å². The second-order valence-electron chi connectivity index (χ2n) is 4.92. The van der Waals surface area contributed by atoms with Crippen LogP contribution in [0.4, 0.5) is 0 Å². The standard InChI is InChI=1S/C11H17N3O2S/c15-8-3-1-2-4-9(8)17-11-13-12-10(16)14(11)7-5-6-7/h7-9,15H,1-6H2,(H,12,16)/t8-,9-/m1/s1. The lowest BCUT2D eigenvalue weighted by Gasteiger charge is -2.26. The van der Waals surface area contributed by atoms with Crippen LogP contribution in [0.25, 0.3) is 0 Å². The molecule has 0 radical (unpaired) electrons. The lowest BCUT2D eigenvalue weighted by atomic mass is 9.97. The third kappa shape index (κ3) is 2.28. The highest BCUT2D eigenvalue weighted by atomic mass is 32.2. The van der Waals surface area contributed by atoms with E-state index in [4.69, 9.17) is 0 Å². The van der Waals surface area contributed by atoms with Crippen LogP contribution >= 0.6 is 11.8 Å². The summed E-state index contributed by atoms with van der Waals surface area (Å²) in [6.45, 7) is 0. The molecule has 0 spiro atoms. The molecule has 2 atom stereocenters. The van der Waals surface area contributed by atoms with Gasteiger partial charge in [0.25, 0.3) is 0 Å². The molecule has 1 heterocycles. The highest BCUT2D eigenvalue weighted by molar-refractivity contribution is 7.99. The number of nitrogens with zero attached hydrogens (tertiary/aromatic N) is 2. The molecular formula is C11H17N3O2S. The minimum Gasteiger partial charge on any atom is -0.392 e. The third-order valence-electron chi connectivity index (χ3n) is 3.51. The summed E-state index contributed by atoms with van der Waals surface area (Å²) in [7, 11) is 0. The number of nitrogens with one attached hydrogen (secondary N) is 1. The molecule has 2 saturated carbocycles. The van der Waals surface area contributed by atoms with E-state index in [0.29, 0.717) is 6.04 Å². The number of hydrogen-bond acceptors (Lipinski definition) is 4. The van der Waals surface area contributed by atoms with Gasteiger partial charge in [-0.1, -0.05) is 24.6 Å². The quantitative estimate of drug-likeness (QED) is 0.854. The minimum atomic E-state index is -0.256. The maximum Gasteiger partial charge on any atom is 0.344 e. The SMILES string of the molecule is O=c1[nH]nc(S[C@@H]2CCCC[C@H]2O)n1C1CC1. The van der Waals surface area contributed by atoms with Gasteiger partial charge < -0.3 is 5.11 Å². The Balaban J connectivity index is 1.77. The normalized spacial score (nSPS) is 29.5. The van der Waals surface area contributed by atoms with Crippen molar-refractivity contribution in [2.75, 3.05) is 0 Å². The zero-order valence-corrected chi connectivity index (χ0v) is 10.4. The predicted molar refractivity (Wildman–Crippen MR) is 65.2 cm³/mol. The van der Waals surface area contributed by atoms with Gasteiger partial charge in [0.1, 0.15) is 0 Å². The van der Waals surface area contributed by atoms with Crippen LogP contribution in [0.3, 0.4) is 0 Å². The molecule has 17 heavy (non-hydrogen) atoms. The molecule has 0 aliphatic heterocycles. The van der Waals surface area contributed by atoms with E-state index in [9.17, 15) is 9.90 Å². The van der Waals surface area contributed by atoms with E-state index in [-0.39, 0.29) is 17.0 Å². The molecule has 0 amide bonds. The molecule has 2 fully saturated rings. The molecule has 1 aromatic rings. The van der Waals surface area contributed by atoms with Crippen LogP contribution in [0.15, 0.2) is 9.95 Å². The summed E-state index contributed by atoms with van der Waals surface area (Å²) in [5, 5.41) is 17.5. The third-order valence-corrected chi connectivity index (χ3v) is 4.86. The first-order valence-electron chi connectivity index (χ1n) is 6.27. The van der Waals surface area contributed by atoms with Crippen molar-refractivity contribution in [3.63, 3.8) is 0 Å². The van der Waals surface area contributed by atoms with Crippen molar-refractivity contribution in [3.05, 3.63) is 10.5 Å². The number of thioether (sulfide) groups is 1. The first-order chi connectivity index (χ1) is 8.25. The lowest BCUT2D eigenvalue weighted by molar-refractivity contribution is 0.136. The molecule has 0 aromatic carbocycles. The molecule has 2 N–H and O–H groups in total. The van der Waals surface area contributed by atoms with Crippen molar-refractivity contribution in [1.29, 1.82) is 0 Å². The van der Waals surface area contributed by atoms with Gasteiger partial charge in [-0.2, -0.15) is 0 Å². The number of aromatic amines is 1. The monoisotopic (exact) mass is 255 g/mol. The average Bonchev–Trinajstić information content (AvgIpc) is 3.08. The van der Waals surface area contributed by atoms with Gasteiger partial charge in [-0.15, -0.1) is 5.10 Å². The van der Waals surface area contributed by atoms with Crippen LogP contribution in [-0.2, 0) is 0 Å². The molecule has 5 nitrogen and oxygen atoms in total. The number of aromatic nitrogens is 3. The minimum absolute atomic E-state index is 0.111. The number of hydrogen-bond donors (Lipinski definition) is 2. The fourth-order valence-electron chi connectivity index (χ4n) is 2.38. The van der Waals surface area contributed by atoms with E-state index in [1.165, 1.54) is 0 Å². The zero-order valence-electron chi connectivity index (χ0n) is 9.63. The van der Waals surface area contributed by atoms with E-state index in [1.807, 2.05) is 0 Å². The van der Waals surface area contributed by atoms with Crippen molar-refractivity contribution in [1.82, 2.24) is 14.8 Å². The molecule has 1 aromatic heterocycles. The summed E-state index contributed by atoms with van der Waals surface area (Å²) in [6.07, 6.45) is 6.03. The van der Waals surface area contributed by atoms with Crippen molar-refractivity contribution >= 4 is 11.8 Å². The second kappa shape index (κ2) is 4.49. The Morgan fingerprint density at radius 3 is 2.76 bits per heavy atom. The van der Waals surface area contributed by atoms with E-state index < -0.39 is 0 Å². The molecule has 94 valence electrons. The van der Waals surface area contributed by atoms with Crippen LogP contribution in [0, 0.1) is 0 Å². The molecule has 0 bridgehead atoms. The molecular weight excluding hydrogens is 238 g/mol. The first kappa shape index (κ1) is 11.3. The maximum absolute atomic E-state index is 11.6. The van der Waals surface area contributed by atoms with Gasteiger partial charge in [0.15, 0.2) is 5.16 Å². The van der Waals surface area contributed by atoms with Crippen molar-refractivity contribution in [2.24, 2.45) is 0 Å². The Kier molecular flexibility index (Phi) is 3.00. The molecule has 2 aliphatic rings. The Labute approximate surface area is 104 Å². The van der Waals surface area contributed by atoms with E-state index in [2.05, 4.69) is 10.2 Å². The van der Waals surface area contributed by atoms with E-state index in [0.717, 1.165) is 43.7 Å². The van der Waals surface area contributed by atoms with Crippen LogP contribution in [0.2, 0.25) is 0 Å². The van der Waals surface area contributed by atoms with E-state index >= 15 is 0 Å². The van der Waals surface area contributed by atoms with Gasteiger partial charge in [-0.25, -0.2) is 9.89 Å². The van der Waals surface area contributed by atoms with Crippen molar-refractivity contribution < 1.29 is 5.11 Å². The fourth-order valence-corrected chi connectivity index (χ4v) is 3.67. The Bertz CT molecular complexity index is 452. The highest BCUT2D eigenvalue weighted by Crippen LogP contribution is 2.39. The van der Waals surface area contributed by atoms with Crippen molar-refractivity contribution in [3.8, 4) is 0 Å². The predicted octanol–water partition coefficient (Wildman–Crippen LogP) is 1.30. The molecule has 6 heteroatoms. The fraction of sp³-hybridized carbons (Fsp3) is 0.818. The largest absolute Gasteiger partial charge is 0.392 e. The maximum atomic E-state index is 11.6. The number of H-pyrrole nitrogens is 1. The summed E-state index contributed by atoms with van der Waals surface area (Å²) in [5.74, 6) is 0. The zero-order chi connectivity index (χ0) is 11.8. The first-order valence-corrected chi connectivity index (χ1v) is 7.15. The van der Waals surface area contributed by atoms with Crippen molar-refractivity contribution in [2.45, 2.75) is 61.1 Å². The van der Waals surface area contributed by atoms with Gasteiger partial charge in [0.05, 0.1) is 6.10 Å². The molecule has 0 unspecified atom stereocenters. The molecule has 3 rings (SSSR count). The van der Waals surface area contributed by atoms with Crippen LogP contribution in [-0.4, -0.2) is 31.2 Å². The molecule has 2 aliphatic carbocycles. The summed E-state index contributed by atoms with van der Waals surface area (Å²) >= 11 is 1.56. The van der Waals surface area contributed by atoms with Gasteiger partial charge >= 0.3 is 5.69 Å². The van der Waals surface area contributed by atoms with Crippen LogP contribution < -0.4 is 5.69 Å². The Morgan fingerprint density at radius 1 is 1.29 bits per heavy atom. The number of rotatable bonds is 3. The Hall–Kier alpha value is -0.750. The molecule has 0 saturated heterocycles. The van der Waals surface area contributed by atoms with Gasteiger partial charge in [0.2, 0.25) is 0 Å². The number of aliphatic hydroxyl groups is 1. The summed E-state index contributed by atoms with van der Waals surface area (Å²) < 4.78 is 1.76. The second-order valence-corrected chi connectivity index (χ2v) is 6.13. The van der Waals surface area contributed by atoms with Gasteiger partial charge in [0, 0.05) is 11.3 Å². The summed E-state index contributed by atoms with van der Waals surface area (Å²) in [4.78, 5) is 11.6. The van der Waals surface area contributed by atoms with E-state index in [1.54, 1.807) is 16.3 Å². The lowest BCUT2D eigenvalue weighted by Crippen LogP contribution is -2.27. The Morgan fingerprint density at radius 2 is 2.06 bits per heavy atom. The van der Waals surface area contributed by atoms with Crippen LogP contribution in [0.1, 0.15) is 44.6 Å². The summed E-state index contributed by atoms with van der Waals surface area (Å²) in [5.41, 5.74) is -0.111. The van der Waals surface area contributed by atoms with Gasteiger partial charge in [-0.3, -0.25) is 4.57 Å². The number of aliphatic hydroxyl groups excluding tert-OH is 1. The smallest absolute Gasteiger partial charge is 0.344 e. The highest BCUT2D eigenvalue weighted by Gasteiger charge is 2.31. The average molecular weight is 255 g/mol. The van der Waals surface area contributed by atoms with Crippen LogP contribution in [0.5, 0.6) is 0 Å². The summed E-state index contributed by atoms with van der Waals surface area (Å²) in [6, 6.07) is 0.337.